The van der Waals surface area contributed by atoms with Gasteiger partial charge in [0.1, 0.15) is 0 Å². The highest BCUT2D eigenvalue weighted by atomic mass is 32.2. The summed E-state index contributed by atoms with van der Waals surface area (Å²) in [5.41, 5.74) is 2.86. The van der Waals surface area contributed by atoms with Gasteiger partial charge in [0.05, 0.1) is 10.9 Å². The number of thioether (sulfide) groups is 1. The Morgan fingerprint density at radius 2 is 1.61 bits per heavy atom. The average molecular weight is 481 g/mol. The maximum absolute atomic E-state index is 12.8. The molecule has 6 nitrogen and oxygen atoms in total. The third-order valence-corrected chi connectivity index (χ3v) is 8.06. The zero-order valence-corrected chi connectivity index (χ0v) is 19.7. The van der Waals surface area contributed by atoms with Gasteiger partial charge in [0.25, 0.3) is 5.91 Å². The molecule has 2 N–H and O–H groups in total. The number of hydrogen-bond donors (Lipinski definition) is 2. The first-order chi connectivity index (χ1) is 15.8. The molecule has 0 fully saturated rings. The minimum Gasteiger partial charge on any atom is -0.345 e. The van der Waals surface area contributed by atoms with Crippen LogP contribution in [-0.2, 0) is 16.6 Å². The van der Waals surface area contributed by atoms with Crippen molar-refractivity contribution in [1.29, 1.82) is 0 Å². The minimum atomic E-state index is -3.72. The van der Waals surface area contributed by atoms with Gasteiger partial charge in [-0.15, -0.1) is 11.8 Å². The molecular weight excluding hydrogens is 456 g/mol. The number of nitrogens with one attached hydrogen (secondary N) is 2. The van der Waals surface area contributed by atoms with Gasteiger partial charge in [-0.3, -0.25) is 9.59 Å². The predicted octanol–water partition coefficient (Wildman–Crippen LogP) is 4.33. The van der Waals surface area contributed by atoms with Gasteiger partial charge in [-0.2, -0.15) is 0 Å². The molecule has 0 unspecified atom stereocenters. The van der Waals surface area contributed by atoms with Crippen LogP contribution in [0.25, 0.3) is 0 Å². The normalized spacial score (nSPS) is 15.5. The quantitative estimate of drug-likeness (QED) is 0.491. The van der Waals surface area contributed by atoms with E-state index < -0.39 is 10.0 Å². The lowest BCUT2D eigenvalue weighted by Gasteiger charge is -2.25. The van der Waals surface area contributed by atoms with Crippen molar-refractivity contribution in [2.75, 3.05) is 5.75 Å². The fraction of sp³-hybridized carbons (Fsp3) is 0.200. The summed E-state index contributed by atoms with van der Waals surface area (Å²) in [7, 11) is -3.72. The second-order valence-corrected chi connectivity index (χ2v) is 10.7. The molecule has 3 aromatic carbocycles. The number of carbonyl (C=O) groups excluding carboxylic acids is 2. The van der Waals surface area contributed by atoms with E-state index in [1.165, 1.54) is 36.1 Å². The molecule has 0 radical (unpaired) electrons. The molecule has 8 heteroatoms. The highest BCUT2D eigenvalue weighted by Gasteiger charge is 2.22. The first-order valence-electron chi connectivity index (χ1n) is 10.6. The largest absolute Gasteiger partial charge is 0.345 e. The first-order valence-corrected chi connectivity index (χ1v) is 13.0. The van der Waals surface area contributed by atoms with Crippen LogP contribution in [0.5, 0.6) is 0 Å². The Balaban J connectivity index is 1.37. The summed E-state index contributed by atoms with van der Waals surface area (Å²) in [5.74, 6) is 0.681. The molecule has 3 aromatic rings. The summed E-state index contributed by atoms with van der Waals surface area (Å²) in [5, 5.41) is 3.11. The number of ketones is 1. The summed E-state index contributed by atoms with van der Waals surface area (Å²) in [6, 6.07) is 20.8. The van der Waals surface area contributed by atoms with Crippen molar-refractivity contribution < 1.29 is 18.0 Å². The topological polar surface area (TPSA) is 92.3 Å². The molecule has 0 saturated carbocycles. The molecule has 1 atom stereocenters. The number of benzene rings is 3. The van der Waals surface area contributed by atoms with E-state index in [9.17, 15) is 18.0 Å². The van der Waals surface area contributed by atoms with E-state index in [1.807, 2.05) is 12.1 Å². The first kappa shape index (κ1) is 23.2. The van der Waals surface area contributed by atoms with Gasteiger partial charge < -0.3 is 5.32 Å². The number of amides is 1. The van der Waals surface area contributed by atoms with Crippen LogP contribution in [0.15, 0.2) is 82.6 Å². The average Bonchev–Trinajstić information content (AvgIpc) is 2.83. The number of sulfonamides is 1. The fourth-order valence-corrected chi connectivity index (χ4v) is 5.78. The van der Waals surface area contributed by atoms with E-state index in [2.05, 4.69) is 22.2 Å². The van der Waals surface area contributed by atoms with Crippen LogP contribution in [0.2, 0.25) is 0 Å². The van der Waals surface area contributed by atoms with Crippen LogP contribution in [0, 0.1) is 0 Å². The summed E-state index contributed by atoms with van der Waals surface area (Å²) < 4.78 is 27.6. The zero-order chi connectivity index (χ0) is 23.4. The Hall–Kier alpha value is -2.94. The fourth-order valence-electron chi connectivity index (χ4n) is 3.64. The van der Waals surface area contributed by atoms with Gasteiger partial charge in [0.15, 0.2) is 5.78 Å². The molecule has 0 bridgehead atoms. The summed E-state index contributed by atoms with van der Waals surface area (Å²) >= 11 is 1.80. The number of rotatable bonds is 7. The van der Waals surface area contributed by atoms with E-state index >= 15 is 0 Å². The Labute approximate surface area is 197 Å². The van der Waals surface area contributed by atoms with E-state index in [4.69, 9.17) is 0 Å². The van der Waals surface area contributed by atoms with E-state index in [0.29, 0.717) is 11.1 Å². The van der Waals surface area contributed by atoms with Gasteiger partial charge in [0, 0.05) is 28.3 Å². The SMILES string of the molecule is CC(=O)c1ccc(S(=O)(=O)NCc2ccc(C(=O)N[C@@H]3CCSc4ccccc43)cc2)cc1. The third-order valence-electron chi connectivity index (χ3n) is 5.52. The molecule has 0 aliphatic carbocycles. The van der Waals surface area contributed by atoms with E-state index in [-0.39, 0.29) is 29.2 Å². The number of Topliss-reactive ketones (excluding diaryl/α,β-unsaturated/α-hetero) is 1. The van der Waals surface area contributed by atoms with Crippen LogP contribution in [0.3, 0.4) is 0 Å². The molecular formula is C25H24N2O4S2. The van der Waals surface area contributed by atoms with Crippen LogP contribution >= 0.6 is 11.8 Å². The summed E-state index contributed by atoms with van der Waals surface area (Å²) in [6.07, 6.45) is 0.876. The molecule has 170 valence electrons. The van der Waals surface area contributed by atoms with Crippen molar-refractivity contribution in [2.45, 2.75) is 35.7 Å². The summed E-state index contributed by atoms with van der Waals surface area (Å²) in [4.78, 5) is 25.4. The van der Waals surface area contributed by atoms with Crippen LogP contribution in [-0.4, -0.2) is 25.9 Å². The van der Waals surface area contributed by atoms with Crippen molar-refractivity contribution in [1.82, 2.24) is 10.0 Å². The second kappa shape index (κ2) is 9.91. The van der Waals surface area contributed by atoms with E-state index in [1.54, 1.807) is 36.0 Å². The molecule has 1 aliphatic rings. The molecule has 1 amide bonds. The molecule has 1 aliphatic heterocycles. The number of hydrogen-bond acceptors (Lipinski definition) is 5. The molecule has 4 rings (SSSR count). The standard InChI is InChI=1S/C25H24N2O4S2/c1-17(28)19-10-12-21(13-11-19)33(30,31)26-16-18-6-8-20(9-7-18)25(29)27-23-14-15-32-24-5-3-2-4-22(23)24/h2-13,23,26H,14-16H2,1H3,(H,27,29)/t23-/m1/s1. The highest BCUT2D eigenvalue weighted by Crippen LogP contribution is 2.35. The van der Waals surface area contributed by atoms with Gasteiger partial charge in [0.2, 0.25) is 10.0 Å². The van der Waals surface area contributed by atoms with E-state index in [0.717, 1.165) is 23.3 Å². The van der Waals surface area contributed by atoms with Crippen molar-refractivity contribution in [2.24, 2.45) is 0 Å². The Bertz CT molecular complexity index is 1270. The highest BCUT2D eigenvalue weighted by molar-refractivity contribution is 7.99. The lowest BCUT2D eigenvalue weighted by atomic mass is 10.0. The number of fused-ring (bicyclic) bond motifs is 1. The van der Waals surface area contributed by atoms with Crippen LogP contribution in [0.4, 0.5) is 0 Å². The third kappa shape index (κ3) is 5.52. The molecule has 0 aromatic heterocycles. The van der Waals surface area contributed by atoms with Crippen molar-refractivity contribution >= 4 is 33.5 Å². The van der Waals surface area contributed by atoms with Gasteiger partial charge >= 0.3 is 0 Å². The maximum Gasteiger partial charge on any atom is 0.251 e. The molecule has 1 heterocycles. The van der Waals surface area contributed by atoms with Crippen LogP contribution in [0.1, 0.15) is 51.2 Å². The second-order valence-electron chi connectivity index (χ2n) is 7.80. The lowest BCUT2D eigenvalue weighted by Crippen LogP contribution is -2.30. The molecule has 0 spiro atoms. The van der Waals surface area contributed by atoms with Crippen molar-refractivity contribution in [3.63, 3.8) is 0 Å². The van der Waals surface area contributed by atoms with Gasteiger partial charge in [-0.05, 0) is 54.8 Å². The number of carbonyl (C=O) groups is 2. The molecule has 33 heavy (non-hydrogen) atoms. The van der Waals surface area contributed by atoms with Crippen molar-refractivity contribution in [3.05, 3.63) is 95.1 Å². The zero-order valence-electron chi connectivity index (χ0n) is 18.1. The molecule has 0 saturated heterocycles. The minimum absolute atomic E-state index is 0.0178. The van der Waals surface area contributed by atoms with Crippen molar-refractivity contribution in [3.8, 4) is 0 Å². The smallest absolute Gasteiger partial charge is 0.251 e. The monoisotopic (exact) mass is 480 g/mol. The van der Waals surface area contributed by atoms with Gasteiger partial charge in [-0.25, -0.2) is 13.1 Å². The van der Waals surface area contributed by atoms with Crippen LogP contribution < -0.4 is 10.0 Å². The lowest BCUT2D eigenvalue weighted by molar-refractivity contribution is 0.0934. The Morgan fingerprint density at radius 1 is 0.939 bits per heavy atom. The predicted molar refractivity (Wildman–Crippen MR) is 129 cm³/mol. The Morgan fingerprint density at radius 3 is 2.30 bits per heavy atom. The Kier molecular flexibility index (Phi) is 6.97. The summed E-state index contributed by atoms with van der Waals surface area (Å²) in [6.45, 7) is 1.52. The van der Waals surface area contributed by atoms with Gasteiger partial charge in [-0.1, -0.05) is 42.5 Å². The maximum atomic E-state index is 12.8.